The molecule has 1 fully saturated rings. The number of hydrogen-bond donors (Lipinski definition) is 0. The van der Waals surface area contributed by atoms with E-state index >= 15 is 0 Å². The van der Waals surface area contributed by atoms with Gasteiger partial charge in [-0.1, -0.05) is 0 Å². The van der Waals surface area contributed by atoms with Gasteiger partial charge in [0, 0.05) is 0 Å². The summed E-state index contributed by atoms with van der Waals surface area (Å²) in [5.74, 6) is 0. The third-order valence-corrected chi connectivity index (χ3v) is 24.1. The summed E-state index contributed by atoms with van der Waals surface area (Å²) >= 11 is -2.32. The Morgan fingerprint density at radius 3 is 1.20 bits per heavy atom. The molecule has 0 aromatic rings. The first-order chi connectivity index (χ1) is 10.4. The van der Waals surface area contributed by atoms with Crippen LogP contribution < -0.4 is 24.8 Å². The smallest absolute Gasteiger partial charge is 1.00 e. The molecule has 1 heterocycles. The number of allylic oxidation sites excluding steroid dienone is 8. The predicted octanol–water partition coefficient (Wildman–Crippen LogP) is 1.30. The van der Waals surface area contributed by atoms with E-state index in [1.807, 2.05) is 6.66 Å². The van der Waals surface area contributed by atoms with Crippen molar-refractivity contribution in [3.05, 3.63) is 41.1 Å². The van der Waals surface area contributed by atoms with Crippen LogP contribution in [0, 0.1) is 10.8 Å². The van der Waals surface area contributed by atoms with Crippen molar-refractivity contribution in [3.8, 4) is 0 Å². The van der Waals surface area contributed by atoms with Gasteiger partial charge in [-0.2, -0.15) is 0 Å². The van der Waals surface area contributed by atoms with Gasteiger partial charge in [-0.15, -0.1) is 0 Å². The van der Waals surface area contributed by atoms with Crippen molar-refractivity contribution in [2.45, 2.75) is 76.6 Å². The van der Waals surface area contributed by atoms with Gasteiger partial charge in [0.05, 0.1) is 0 Å². The molecule has 140 valence electrons. The van der Waals surface area contributed by atoms with Gasteiger partial charge in [-0.3, -0.25) is 0 Å². The third-order valence-electron chi connectivity index (χ3n) is 6.30. The van der Waals surface area contributed by atoms with Crippen LogP contribution in [0.4, 0.5) is 0 Å². The van der Waals surface area contributed by atoms with E-state index in [-0.39, 0.29) is 24.8 Å². The Bertz CT molecular complexity index is 616. The van der Waals surface area contributed by atoms with Gasteiger partial charge in [0.15, 0.2) is 0 Å². The molecule has 0 bridgehead atoms. The second kappa shape index (κ2) is 7.44. The number of hydrogen-bond acceptors (Lipinski definition) is 0. The molecule has 0 atom stereocenters. The van der Waals surface area contributed by atoms with E-state index in [1.54, 1.807) is 30.6 Å². The second-order valence-electron chi connectivity index (χ2n) is 10.1. The van der Waals surface area contributed by atoms with Crippen LogP contribution in [0.5, 0.6) is 0 Å². The molecule has 25 heavy (non-hydrogen) atoms. The van der Waals surface area contributed by atoms with Crippen LogP contribution in [-0.4, -0.2) is 0 Å². The summed E-state index contributed by atoms with van der Waals surface area (Å²) in [4.78, 5) is 0. The van der Waals surface area contributed by atoms with Crippen molar-refractivity contribution in [2.24, 2.45) is 10.8 Å². The largest absolute Gasteiger partial charge is 1.00 e. The van der Waals surface area contributed by atoms with Crippen LogP contribution in [0.1, 0.15) is 68.2 Å². The Morgan fingerprint density at radius 2 is 1.00 bits per heavy atom. The Balaban J connectivity index is 0.00000156. The predicted molar refractivity (Wildman–Crippen MR) is 99.3 cm³/mol. The first-order valence-corrected chi connectivity index (χ1v) is 17.9. The topological polar surface area (TPSA) is 0 Å². The first kappa shape index (κ1) is 23.4. The summed E-state index contributed by atoms with van der Waals surface area (Å²) in [6.45, 7) is 19.1. The molecule has 3 rings (SSSR count). The summed E-state index contributed by atoms with van der Waals surface area (Å²) in [5.41, 5.74) is 7.33. The van der Waals surface area contributed by atoms with E-state index in [9.17, 15) is 0 Å². The van der Waals surface area contributed by atoms with Gasteiger partial charge in [-0.25, -0.2) is 0 Å². The van der Waals surface area contributed by atoms with Crippen LogP contribution in [-0.2, 0) is 20.0 Å². The van der Waals surface area contributed by atoms with E-state index in [0.29, 0.717) is 10.8 Å². The molecule has 0 unspecified atom stereocenters. The van der Waals surface area contributed by atoms with Gasteiger partial charge in [0.25, 0.3) is 0 Å². The minimum absolute atomic E-state index is 0. The summed E-state index contributed by atoms with van der Waals surface area (Å²) in [6, 6.07) is 0. The molecule has 0 nitrogen and oxygen atoms in total. The molecule has 0 spiro atoms. The van der Waals surface area contributed by atoms with Crippen LogP contribution in [0.15, 0.2) is 41.1 Å². The van der Waals surface area contributed by atoms with E-state index in [2.05, 4.69) is 67.5 Å². The zero-order valence-corrected chi connectivity index (χ0v) is 22.3. The molecule has 0 radical (unpaired) electrons. The quantitative estimate of drug-likeness (QED) is 0.458. The molecule has 1 aliphatic heterocycles. The summed E-state index contributed by atoms with van der Waals surface area (Å²) in [7, 11) is 0. The third kappa shape index (κ3) is 4.30. The molecule has 0 saturated carbocycles. The fourth-order valence-corrected chi connectivity index (χ4v) is 28.1. The van der Waals surface area contributed by atoms with Crippen molar-refractivity contribution >= 4 is 0 Å². The minimum atomic E-state index is -2.32. The summed E-state index contributed by atoms with van der Waals surface area (Å²) in [5, 5.41) is 0. The molecule has 1 saturated heterocycles. The Kier molecular flexibility index (Phi) is 6.98. The summed E-state index contributed by atoms with van der Waals surface area (Å²) < 4.78 is 7.09. The maximum Gasteiger partial charge on any atom is -1.00 e. The molecule has 0 aromatic carbocycles. The molecule has 0 amide bonds. The van der Waals surface area contributed by atoms with Crippen LogP contribution >= 0.6 is 0 Å². The molecule has 3 aliphatic rings. The van der Waals surface area contributed by atoms with E-state index in [4.69, 9.17) is 0 Å². The van der Waals surface area contributed by atoms with Gasteiger partial charge < -0.3 is 24.8 Å². The van der Waals surface area contributed by atoms with Crippen LogP contribution in [0.3, 0.4) is 0 Å². The van der Waals surface area contributed by atoms with Crippen molar-refractivity contribution in [3.63, 3.8) is 0 Å². The average Bonchev–Trinajstić information content (AvgIpc) is 2.90. The maximum absolute atomic E-state index is 2.54. The Hall–Kier alpha value is 0.410. The van der Waals surface area contributed by atoms with Crippen LogP contribution in [0.25, 0.3) is 0 Å². The zero-order valence-electron chi connectivity index (χ0n) is 17.2. The first-order valence-electron chi connectivity index (χ1n) is 9.28. The fraction of sp³-hybridized carbons (Fsp3) is 0.636. The second-order valence-corrected chi connectivity index (χ2v) is 25.8. The Labute approximate surface area is 172 Å². The Morgan fingerprint density at radius 1 is 0.680 bits per heavy atom. The van der Waals surface area contributed by atoms with Crippen molar-refractivity contribution < 1.29 is 44.8 Å². The van der Waals surface area contributed by atoms with E-state index in [1.165, 1.54) is 12.8 Å². The molecule has 3 heteroatoms. The van der Waals surface area contributed by atoms with Crippen molar-refractivity contribution in [1.82, 2.24) is 0 Å². The molecule has 0 aromatic heterocycles. The standard InChI is InChI=1S/2C10H15.C2H4.2ClH.Hf/c2*1-8-5-6-9(7-8)10(2,3)4;1-2;;;/h2*7H,6H2,1-4H3;1-2H2;2*1H;/q;;;;;+2/p-2. The molecule has 2 aliphatic carbocycles. The fourth-order valence-electron chi connectivity index (χ4n) is 4.43. The van der Waals surface area contributed by atoms with Gasteiger partial charge in [0.1, 0.15) is 0 Å². The van der Waals surface area contributed by atoms with Gasteiger partial charge in [-0.05, 0) is 0 Å². The van der Waals surface area contributed by atoms with Gasteiger partial charge >= 0.3 is 148 Å². The van der Waals surface area contributed by atoms with Crippen molar-refractivity contribution in [1.29, 1.82) is 0 Å². The molecule has 0 N–H and O–H groups in total. The maximum atomic E-state index is 2.54. The summed E-state index contributed by atoms with van der Waals surface area (Å²) in [6.07, 6.45) is 7.69. The normalized spacial score (nSPS) is 21.1. The van der Waals surface area contributed by atoms with Crippen molar-refractivity contribution in [2.75, 3.05) is 0 Å². The minimum Gasteiger partial charge on any atom is -1.00 e. The SMILES string of the molecule is CC1=[C]([Hf+2]2([C]3=C(C)C=C(C(C)(C)C)C3)[CH2][CH2]2)CC(C(C)(C)C)=C1.[Cl-].[Cl-]. The molecular formula is C22H34Cl2Hf. The van der Waals surface area contributed by atoms with Gasteiger partial charge in [0.2, 0.25) is 0 Å². The zero-order chi connectivity index (χ0) is 17.2. The monoisotopic (exact) mass is 548 g/mol. The van der Waals surface area contributed by atoms with E-state index in [0.717, 1.165) is 0 Å². The average molecular weight is 548 g/mol. The number of rotatable bonds is 2. The number of halogens is 2. The molecular weight excluding hydrogens is 514 g/mol. The van der Waals surface area contributed by atoms with E-state index < -0.39 is 20.0 Å². The van der Waals surface area contributed by atoms with Crippen LogP contribution in [0.2, 0.25) is 8.35 Å².